The van der Waals surface area contributed by atoms with Gasteiger partial charge in [0.2, 0.25) is 0 Å². The molecule has 1 N–H and O–H groups in total. The molecule has 4 heteroatoms. The Bertz CT molecular complexity index is 288. The van der Waals surface area contributed by atoms with E-state index >= 15 is 0 Å². The van der Waals surface area contributed by atoms with E-state index in [-0.39, 0.29) is 11.5 Å². The van der Waals surface area contributed by atoms with Gasteiger partial charge >= 0.3 is 6.09 Å². The Morgan fingerprint density at radius 3 is 2.57 bits per heavy atom. The molecular formula is C10H15NO3. The topological polar surface area (TPSA) is 57.6 Å². The van der Waals surface area contributed by atoms with Crippen molar-refractivity contribution in [3.8, 4) is 0 Å². The van der Waals surface area contributed by atoms with Gasteiger partial charge in [0.15, 0.2) is 0 Å². The van der Waals surface area contributed by atoms with Crippen LogP contribution in [0.2, 0.25) is 0 Å². The summed E-state index contributed by atoms with van der Waals surface area (Å²) in [6, 6.07) is -0.306. The van der Waals surface area contributed by atoms with Crippen molar-refractivity contribution in [1.29, 1.82) is 0 Å². The average Bonchev–Trinajstić information content (AvgIpc) is 2.27. The monoisotopic (exact) mass is 197 g/mol. The Balaban J connectivity index is 2.75. The first kappa shape index (κ1) is 10.8. The molecule has 1 atom stereocenters. The summed E-state index contributed by atoms with van der Waals surface area (Å²) < 4.78 is 0. The molecule has 4 nitrogen and oxygen atoms in total. The minimum atomic E-state index is -1.17. The zero-order valence-corrected chi connectivity index (χ0v) is 8.65. The molecule has 78 valence electrons. The highest BCUT2D eigenvalue weighted by atomic mass is 16.4. The predicted octanol–water partition coefficient (Wildman–Crippen LogP) is 1.87. The van der Waals surface area contributed by atoms with Crippen LogP contribution in [0.15, 0.2) is 12.2 Å². The number of imide groups is 1. The molecule has 0 saturated carbocycles. The normalized spacial score (nSPS) is 21.8. The predicted molar refractivity (Wildman–Crippen MR) is 51.9 cm³/mol. The highest BCUT2D eigenvalue weighted by molar-refractivity contribution is 6.00. The van der Waals surface area contributed by atoms with Crippen molar-refractivity contribution in [2.45, 2.75) is 33.2 Å². The molecule has 14 heavy (non-hydrogen) atoms. The molecule has 0 aromatic carbocycles. The molecular weight excluding hydrogens is 182 g/mol. The zero-order chi connectivity index (χ0) is 10.9. The minimum absolute atomic E-state index is 0.00727. The van der Waals surface area contributed by atoms with Crippen molar-refractivity contribution in [2.24, 2.45) is 5.41 Å². The lowest BCUT2D eigenvalue weighted by Gasteiger charge is -2.26. The molecule has 0 aliphatic carbocycles. The average molecular weight is 197 g/mol. The lowest BCUT2D eigenvalue weighted by atomic mass is 9.88. The van der Waals surface area contributed by atoms with Crippen LogP contribution in [-0.4, -0.2) is 28.0 Å². The first-order chi connectivity index (χ1) is 6.31. The summed E-state index contributed by atoms with van der Waals surface area (Å²) in [5.74, 6) is -0.438. The molecule has 2 amide bonds. The third-order valence-corrected chi connectivity index (χ3v) is 2.06. The van der Waals surface area contributed by atoms with Crippen molar-refractivity contribution < 1.29 is 14.7 Å². The Hall–Kier alpha value is -1.32. The Morgan fingerprint density at radius 1 is 1.57 bits per heavy atom. The molecule has 0 aromatic heterocycles. The molecule has 0 fully saturated rings. The van der Waals surface area contributed by atoms with Gasteiger partial charge in [-0.1, -0.05) is 26.8 Å². The van der Waals surface area contributed by atoms with Gasteiger partial charge < -0.3 is 5.11 Å². The van der Waals surface area contributed by atoms with Crippen LogP contribution in [0.5, 0.6) is 0 Å². The van der Waals surface area contributed by atoms with Crippen molar-refractivity contribution >= 4 is 12.0 Å². The van der Waals surface area contributed by atoms with Gasteiger partial charge in [0.25, 0.3) is 5.91 Å². The first-order valence-electron chi connectivity index (χ1n) is 4.55. The molecule has 0 radical (unpaired) electrons. The first-order valence-corrected chi connectivity index (χ1v) is 4.55. The molecule has 1 aliphatic rings. The van der Waals surface area contributed by atoms with Gasteiger partial charge in [-0.3, -0.25) is 4.79 Å². The number of rotatable bonds is 1. The molecule has 0 bridgehead atoms. The zero-order valence-electron chi connectivity index (χ0n) is 8.65. The summed E-state index contributed by atoms with van der Waals surface area (Å²) in [5.41, 5.74) is 0.00727. The van der Waals surface area contributed by atoms with Crippen LogP contribution < -0.4 is 0 Å². The van der Waals surface area contributed by atoms with Crippen LogP contribution in [0.4, 0.5) is 4.79 Å². The second kappa shape index (κ2) is 3.44. The van der Waals surface area contributed by atoms with E-state index < -0.39 is 12.0 Å². The number of carbonyl (C=O) groups excluding carboxylic acids is 1. The Kier molecular flexibility index (Phi) is 2.64. The summed E-state index contributed by atoms with van der Waals surface area (Å²) in [6.07, 6.45) is 2.46. The fraction of sp³-hybridized carbons (Fsp3) is 0.600. The van der Waals surface area contributed by atoms with E-state index in [4.69, 9.17) is 5.11 Å². The van der Waals surface area contributed by atoms with E-state index in [1.807, 2.05) is 20.8 Å². The lowest BCUT2D eigenvalue weighted by molar-refractivity contribution is -0.124. The van der Waals surface area contributed by atoms with Crippen LogP contribution in [0, 0.1) is 5.41 Å². The molecule has 1 rings (SSSR count). The fourth-order valence-corrected chi connectivity index (χ4v) is 1.55. The smallest absolute Gasteiger partial charge is 0.414 e. The van der Waals surface area contributed by atoms with E-state index in [9.17, 15) is 9.59 Å². The van der Waals surface area contributed by atoms with E-state index in [0.717, 1.165) is 4.90 Å². The second-order valence-corrected chi connectivity index (χ2v) is 4.68. The van der Waals surface area contributed by atoms with Crippen LogP contribution >= 0.6 is 0 Å². The van der Waals surface area contributed by atoms with Gasteiger partial charge in [-0.15, -0.1) is 0 Å². The van der Waals surface area contributed by atoms with Crippen molar-refractivity contribution in [2.75, 3.05) is 0 Å². The highest BCUT2D eigenvalue weighted by Crippen LogP contribution is 2.26. The van der Waals surface area contributed by atoms with Gasteiger partial charge in [-0.2, -0.15) is 0 Å². The molecule has 1 aliphatic heterocycles. The van der Waals surface area contributed by atoms with Crippen molar-refractivity contribution in [1.82, 2.24) is 4.90 Å². The summed E-state index contributed by atoms with van der Waals surface area (Å²) in [7, 11) is 0. The quantitative estimate of drug-likeness (QED) is 0.698. The number of hydrogen-bond donors (Lipinski definition) is 1. The van der Waals surface area contributed by atoms with E-state index in [1.165, 1.54) is 6.08 Å². The lowest BCUT2D eigenvalue weighted by Crippen LogP contribution is -2.40. The molecule has 1 heterocycles. The Labute approximate surface area is 83.2 Å². The summed E-state index contributed by atoms with van der Waals surface area (Å²) in [4.78, 5) is 22.8. The number of hydrogen-bond acceptors (Lipinski definition) is 2. The number of amides is 2. The van der Waals surface area contributed by atoms with Gasteiger partial charge in [-0.25, -0.2) is 9.69 Å². The summed E-state index contributed by atoms with van der Waals surface area (Å²) in [5, 5.41) is 8.82. The number of nitrogens with zero attached hydrogens (tertiary/aromatic N) is 1. The summed E-state index contributed by atoms with van der Waals surface area (Å²) >= 11 is 0. The molecule has 0 saturated heterocycles. The minimum Gasteiger partial charge on any atom is -0.465 e. The van der Waals surface area contributed by atoms with Gasteiger partial charge in [0, 0.05) is 6.08 Å². The van der Waals surface area contributed by atoms with Crippen LogP contribution in [0.1, 0.15) is 27.2 Å². The van der Waals surface area contributed by atoms with E-state index in [1.54, 1.807) is 6.08 Å². The van der Waals surface area contributed by atoms with Crippen molar-refractivity contribution in [3.05, 3.63) is 12.2 Å². The molecule has 0 aromatic rings. The summed E-state index contributed by atoms with van der Waals surface area (Å²) in [6.45, 7) is 6.05. The van der Waals surface area contributed by atoms with E-state index in [2.05, 4.69) is 0 Å². The SMILES string of the molecule is CC(C)(C)CC1C=CC(=O)N1C(=O)O. The standard InChI is InChI=1S/C10H15NO3/c1-10(2,3)6-7-4-5-8(12)11(7)9(13)14/h4-5,7H,6H2,1-3H3,(H,13,14). The van der Waals surface area contributed by atoms with Gasteiger partial charge in [0.1, 0.15) is 0 Å². The fourth-order valence-electron chi connectivity index (χ4n) is 1.55. The number of carboxylic acid groups (broad SMARTS) is 1. The number of carbonyl (C=O) groups is 2. The maximum atomic E-state index is 11.2. The van der Waals surface area contributed by atoms with Gasteiger partial charge in [-0.05, 0) is 11.8 Å². The third-order valence-electron chi connectivity index (χ3n) is 2.06. The second-order valence-electron chi connectivity index (χ2n) is 4.68. The van der Waals surface area contributed by atoms with E-state index in [0.29, 0.717) is 6.42 Å². The molecule has 0 spiro atoms. The van der Waals surface area contributed by atoms with Crippen molar-refractivity contribution in [3.63, 3.8) is 0 Å². The van der Waals surface area contributed by atoms with Crippen LogP contribution in [0.3, 0.4) is 0 Å². The largest absolute Gasteiger partial charge is 0.465 e. The third kappa shape index (κ3) is 2.34. The van der Waals surface area contributed by atoms with Crippen LogP contribution in [0.25, 0.3) is 0 Å². The van der Waals surface area contributed by atoms with Gasteiger partial charge in [0.05, 0.1) is 6.04 Å². The van der Waals surface area contributed by atoms with Crippen LogP contribution in [-0.2, 0) is 4.79 Å². The maximum absolute atomic E-state index is 11.2. The Morgan fingerprint density at radius 2 is 2.14 bits per heavy atom. The highest BCUT2D eigenvalue weighted by Gasteiger charge is 2.33. The molecule has 1 unspecified atom stereocenters. The maximum Gasteiger partial charge on any atom is 0.414 e.